The molecule has 2 atom stereocenters. The van der Waals surface area contributed by atoms with E-state index in [0.29, 0.717) is 32.9 Å². The lowest BCUT2D eigenvalue weighted by atomic mass is 10.0. The maximum Gasteiger partial charge on any atom is 0.419 e. The van der Waals surface area contributed by atoms with E-state index < -0.39 is 59.1 Å². The van der Waals surface area contributed by atoms with E-state index in [-0.39, 0.29) is 49.1 Å². The van der Waals surface area contributed by atoms with Crippen LogP contribution in [0.3, 0.4) is 0 Å². The summed E-state index contributed by atoms with van der Waals surface area (Å²) in [6.45, 7) is 13.6. The number of hydrogen-bond donors (Lipinski definition) is 4. The summed E-state index contributed by atoms with van der Waals surface area (Å²) in [6, 6.07) is 15.2. The molecule has 0 aliphatic carbocycles. The highest BCUT2D eigenvalue weighted by Gasteiger charge is 2.41. The molecule has 0 spiro atoms. The normalized spacial score (nSPS) is 14.4. The number of benzene rings is 3. The van der Waals surface area contributed by atoms with E-state index in [1.54, 1.807) is 90.1 Å². The molecule has 1 saturated heterocycles. The third-order valence-electron chi connectivity index (χ3n) is 9.97. The van der Waals surface area contributed by atoms with Gasteiger partial charge in [0.1, 0.15) is 29.3 Å². The Morgan fingerprint density at radius 3 is 2.14 bits per heavy atom. The fraction of sp³-hybridized carbons (Fsp3) is 0.386. The molecule has 0 bridgehead atoms. The molecule has 0 radical (unpaired) electrons. The topological polar surface area (TPSA) is 232 Å². The second kappa shape index (κ2) is 18.9. The largest absolute Gasteiger partial charge is 0.455 e. The highest BCUT2D eigenvalue weighted by Crippen LogP contribution is 2.31. The van der Waals surface area contributed by atoms with Gasteiger partial charge in [0.05, 0.1) is 29.5 Å². The second-order valence-electron chi connectivity index (χ2n) is 17.5. The zero-order valence-corrected chi connectivity index (χ0v) is 37.5. The van der Waals surface area contributed by atoms with Gasteiger partial charge in [0.25, 0.3) is 0 Å². The number of urea groups is 1. The van der Waals surface area contributed by atoms with Gasteiger partial charge in [-0.3, -0.25) is 14.4 Å². The molecule has 4 N–H and O–H groups in total. The lowest BCUT2D eigenvalue weighted by Gasteiger charge is -2.38. The first-order valence-corrected chi connectivity index (χ1v) is 20.9. The van der Waals surface area contributed by atoms with Gasteiger partial charge < -0.3 is 40.3 Å². The van der Waals surface area contributed by atoms with Gasteiger partial charge in [0, 0.05) is 41.3 Å². The summed E-state index contributed by atoms with van der Waals surface area (Å²) in [5, 5.41) is 29.9. The Hall–Kier alpha value is -6.86. The van der Waals surface area contributed by atoms with E-state index in [9.17, 15) is 33.9 Å². The molecule has 2 aromatic heterocycles. The van der Waals surface area contributed by atoms with Crippen LogP contribution in [0.4, 0.5) is 26.7 Å². The van der Waals surface area contributed by atoms with Crippen LogP contribution in [-0.2, 0) is 30.3 Å². The standard InChI is InChI=1S/C44H51ClN10O9/c1-25(2)31(23-56)49-41(61)48-29-12-9-26(10-13-29)19-35(53-18-17-52(38(58)39(53)59)34-22-28(45)11-15-33(34)54-24-46-50-51-54)37(57)47-30-14-16-32-27(20-30)21-36(40(60)63-43(3,4)5)55(32)42(62)64-44(6,7)8/h9-16,20-22,24-25,31,35,56H,17-19,23H2,1-8H3,(H,47,57)(H2,48,49,61). The number of aliphatic hydroxyl groups is 1. The number of fused-ring (bicyclic) bond motifs is 1. The minimum atomic E-state index is -1.24. The van der Waals surface area contributed by atoms with Gasteiger partial charge in [-0.15, -0.1) is 5.10 Å². The third-order valence-corrected chi connectivity index (χ3v) is 10.2. The van der Waals surface area contributed by atoms with Crippen LogP contribution in [0.5, 0.6) is 0 Å². The second-order valence-corrected chi connectivity index (χ2v) is 17.9. The van der Waals surface area contributed by atoms with E-state index in [0.717, 1.165) is 4.57 Å². The number of aromatic nitrogens is 5. The Morgan fingerprint density at radius 1 is 0.828 bits per heavy atom. The number of aliphatic hydroxyl groups excluding tert-OH is 1. The number of anilines is 3. The van der Waals surface area contributed by atoms with E-state index in [1.165, 1.54) is 39.0 Å². The number of rotatable bonds is 12. The molecule has 19 nitrogen and oxygen atoms in total. The number of carbonyl (C=O) groups excluding carboxylic acids is 6. The molecule has 2 unspecified atom stereocenters. The first kappa shape index (κ1) is 46.6. The minimum Gasteiger partial charge on any atom is -0.455 e. The molecule has 6 rings (SSSR count). The predicted molar refractivity (Wildman–Crippen MR) is 237 cm³/mol. The van der Waals surface area contributed by atoms with Crippen molar-refractivity contribution in [2.24, 2.45) is 5.92 Å². The number of nitrogens with zero attached hydrogens (tertiary/aromatic N) is 7. The summed E-state index contributed by atoms with van der Waals surface area (Å²) in [5.41, 5.74) is 0.404. The number of nitrogens with one attached hydrogen (secondary N) is 3. The Morgan fingerprint density at radius 2 is 1.52 bits per heavy atom. The van der Waals surface area contributed by atoms with Crippen molar-refractivity contribution < 1.29 is 43.3 Å². The molecular weight excluding hydrogens is 848 g/mol. The Labute approximate surface area is 374 Å². The van der Waals surface area contributed by atoms with Gasteiger partial charge in [0.2, 0.25) is 5.91 Å². The van der Waals surface area contributed by atoms with Crippen LogP contribution in [0.25, 0.3) is 16.6 Å². The summed E-state index contributed by atoms with van der Waals surface area (Å²) in [5.74, 6) is -3.30. The van der Waals surface area contributed by atoms with Crippen LogP contribution in [0, 0.1) is 5.92 Å². The molecule has 1 fully saturated rings. The van der Waals surface area contributed by atoms with Crippen molar-refractivity contribution in [1.82, 2.24) is 35.0 Å². The monoisotopic (exact) mass is 898 g/mol. The van der Waals surface area contributed by atoms with E-state index >= 15 is 0 Å². The van der Waals surface area contributed by atoms with Crippen LogP contribution in [0.2, 0.25) is 5.02 Å². The van der Waals surface area contributed by atoms with Crippen LogP contribution < -0.4 is 20.9 Å². The summed E-state index contributed by atoms with van der Waals surface area (Å²) < 4.78 is 13.7. The van der Waals surface area contributed by atoms with Crippen LogP contribution >= 0.6 is 11.6 Å². The molecule has 1 aliphatic heterocycles. The van der Waals surface area contributed by atoms with Gasteiger partial charge in [-0.25, -0.2) is 19.0 Å². The zero-order chi connectivity index (χ0) is 46.7. The molecular formula is C44H51ClN10O9. The van der Waals surface area contributed by atoms with Crippen LogP contribution in [-0.4, -0.2) is 114 Å². The van der Waals surface area contributed by atoms with E-state index in [4.69, 9.17) is 21.1 Å². The number of halogens is 1. The smallest absolute Gasteiger partial charge is 0.419 e. The fourth-order valence-electron chi connectivity index (χ4n) is 6.91. The van der Waals surface area contributed by atoms with Gasteiger partial charge in [-0.2, -0.15) is 4.68 Å². The molecule has 0 saturated carbocycles. The molecule has 64 heavy (non-hydrogen) atoms. The molecule has 3 heterocycles. The van der Waals surface area contributed by atoms with Gasteiger partial charge in [-0.05, 0) is 118 Å². The number of carbonyl (C=O) groups is 6. The van der Waals surface area contributed by atoms with Crippen molar-refractivity contribution in [3.05, 3.63) is 89.3 Å². The Kier molecular flexibility index (Phi) is 13.7. The predicted octanol–water partition coefficient (Wildman–Crippen LogP) is 5.57. The highest BCUT2D eigenvalue weighted by atomic mass is 35.5. The summed E-state index contributed by atoms with van der Waals surface area (Å²) in [7, 11) is 0. The SMILES string of the molecule is CC(C)C(CO)NC(=O)Nc1ccc(CC(C(=O)Nc2ccc3c(c2)cc(C(=O)OC(C)(C)C)n3C(=O)OC(C)(C)C)N2CCN(c3cc(Cl)ccc3-n3cnnn3)C(=O)C2=O)cc1. The summed E-state index contributed by atoms with van der Waals surface area (Å²) in [4.78, 5) is 84.7. The quantitative estimate of drug-likeness (QED) is 0.0889. The van der Waals surface area contributed by atoms with Gasteiger partial charge in [0.15, 0.2) is 0 Å². The van der Waals surface area contributed by atoms with Crippen molar-refractivity contribution in [1.29, 1.82) is 0 Å². The number of esters is 1. The first-order chi connectivity index (χ1) is 30.1. The van der Waals surface area contributed by atoms with Gasteiger partial charge in [-0.1, -0.05) is 37.6 Å². The van der Waals surface area contributed by atoms with Crippen molar-refractivity contribution in [2.45, 2.75) is 85.1 Å². The van der Waals surface area contributed by atoms with Crippen molar-refractivity contribution >= 4 is 75.4 Å². The summed E-state index contributed by atoms with van der Waals surface area (Å²) in [6.07, 6.45) is 0.476. The highest BCUT2D eigenvalue weighted by molar-refractivity contribution is 6.41. The van der Waals surface area contributed by atoms with Crippen molar-refractivity contribution in [3.63, 3.8) is 0 Å². The average molecular weight is 899 g/mol. The zero-order valence-electron chi connectivity index (χ0n) is 36.7. The maximum atomic E-state index is 14.5. The number of ether oxygens (including phenoxy) is 2. The van der Waals surface area contributed by atoms with Crippen molar-refractivity contribution in [3.8, 4) is 5.69 Å². The average Bonchev–Trinajstić information content (AvgIpc) is 3.88. The molecule has 5 amide bonds. The lowest BCUT2D eigenvalue weighted by Crippen LogP contribution is -2.60. The summed E-state index contributed by atoms with van der Waals surface area (Å²) >= 11 is 6.35. The third kappa shape index (κ3) is 11.0. The number of tetrazole rings is 1. The molecule has 5 aromatic rings. The minimum absolute atomic E-state index is 0.00824. The lowest BCUT2D eigenvalue weighted by molar-refractivity contribution is -0.149. The molecule has 1 aliphatic rings. The molecule has 3 aromatic carbocycles. The Balaban J connectivity index is 1.31. The first-order valence-electron chi connectivity index (χ1n) is 20.5. The van der Waals surface area contributed by atoms with E-state index in [2.05, 4.69) is 31.5 Å². The Bertz CT molecular complexity index is 2560. The molecule has 20 heteroatoms. The van der Waals surface area contributed by atoms with Crippen LogP contribution in [0.1, 0.15) is 71.4 Å². The molecule has 338 valence electrons. The van der Waals surface area contributed by atoms with E-state index in [1.807, 2.05) is 13.8 Å². The fourth-order valence-corrected chi connectivity index (χ4v) is 7.07. The maximum absolute atomic E-state index is 14.5. The number of hydrogen-bond acceptors (Lipinski definition) is 12. The number of piperazine rings is 1. The van der Waals surface area contributed by atoms with Gasteiger partial charge >= 0.3 is 29.9 Å². The van der Waals surface area contributed by atoms with Crippen molar-refractivity contribution in [2.75, 3.05) is 35.2 Å². The number of amides is 5. The van der Waals surface area contributed by atoms with Crippen LogP contribution in [0.15, 0.2) is 73.1 Å².